The van der Waals surface area contributed by atoms with Crippen LogP contribution in [0.4, 0.5) is 4.39 Å². The third-order valence-electron chi connectivity index (χ3n) is 3.67. The monoisotopic (exact) mass is 344 g/mol. The molecule has 3 heteroatoms. The van der Waals surface area contributed by atoms with E-state index in [2.05, 4.69) is 22.9 Å². The average Bonchev–Trinajstić information content (AvgIpc) is 2.44. The number of benzene rings is 1. The summed E-state index contributed by atoms with van der Waals surface area (Å²) in [6, 6.07) is 5.08. The van der Waals surface area contributed by atoms with Crippen LogP contribution >= 0.6 is 15.9 Å². The van der Waals surface area contributed by atoms with Crippen molar-refractivity contribution >= 4 is 15.9 Å². The maximum Gasteiger partial charge on any atom is 0.143 e. The molecule has 1 aromatic rings. The van der Waals surface area contributed by atoms with Gasteiger partial charge in [-0.05, 0) is 28.4 Å². The van der Waals surface area contributed by atoms with E-state index in [0.29, 0.717) is 16.5 Å². The smallest absolute Gasteiger partial charge is 0.143 e. The summed E-state index contributed by atoms with van der Waals surface area (Å²) < 4.78 is 14.2. The molecule has 1 atom stereocenters. The molecule has 0 amide bonds. The lowest BCUT2D eigenvalue weighted by atomic mass is 10.0. The number of aliphatic hydroxyl groups is 1. The Morgan fingerprint density at radius 3 is 2.30 bits per heavy atom. The van der Waals surface area contributed by atoms with Gasteiger partial charge in [-0.3, -0.25) is 0 Å². The summed E-state index contributed by atoms with van der Waals surface area (Å²) in [6.45, 7) is 2.22. The molecule has 0 saturated carbocycles. The van der Waals surface area contributed by atoms with E-state index < -0.39 is 6.10 Å². The maximum atomic E-state index is 13.8. The lowest BCUT2D eigenvalue weighted by Crippen LogP contribution is -2.01. The summed E-state index contributed by atoms with van der Waals surface area (Å²) >= 11 is 3.15. The van der Waals surface area contributed by atoms with Crippen molar-refractivity contribution in [3.63, 3.8) is 0 Å². The predicted octanol–water partition coefficient (Wildman–Crippen LogP) is 6.15. The molecule has 0 saturated heterocycles. The normalized spacial score (nSPS) is 12.6. The maximum absolute atomic E-state index is 13.8. The lowest BCUT2D eigenvalue weighted by Gasteiger charge is -2.12. The summed E-state index contributed by atoms with van der Waals surface area (Å²) in [7, 11) is 0. The fourth-order valence-electron chi connectivity index (χ4n) is 2.40. The third-order valence-corrected chi connectivity index (χ3v) is 4.28. The van der Waals surface area contributed by atoms with Crippen LogP contribution in [-0.4, -0.2) is 5.11 Å². The number of halogens is 2. The first-order valence-electron chi connectivity index (χ1n) is 7.78. The van der Waals surface area contributed by atoms with E-state index in [4.69, 9.17) is 0 Å². The average molecular weight is 345 g/mol. The number of hydrogen-bond donors (Lipinski definition) is 1. The molecule has 1 N–H and O–H groups in total. The van der Waals surface area contributed by atoms with Crippen molar-refractivity contribution in [1.29, 1.82) is 0 Å². The minimum atomic E-state index is -0.687. The van der Waals surface area contributed by atoms with Crippen molar-refractivity contribution in [3.05, 3.63) is 34.1 Å². The minimum absolute atomic E-state index is 0.334. The first-order chi connectivity index (χ1) is 9.66. The molecule has 1 nitrogen and oxygen atoms in total. The van der Waals surface area contributed by atoms with Crippen molar-refractivity contribution in [2.24, 2.45) is 0 Å². The number of rotatable bonds is 10. The third kappa shape index (κ3) is 6.36. The van der Waals surface area contributed by atoms with Gasteiger partial charge in [0, 0.05) is 5.56 Å². The first kappa shape index (κ1) is 17.6. The van der Waals surface area contributed by atoms with Gasteiger partial charge in [-0.1, -0.05) is 70.4 Å². The van der Waals surface area contributed by atoms with Gasteiger partial charge in [-0.25, -0.2) is 4.39 Å². The summed E-state index contributed by atoms with van der Waals surface area (Å²) in [5.41, 5.74) is 0.405. The molecule has 1 aromatic carbocycles. The molecular weight excluding hydrogens is 319 g/mol. The van der Waals surface area contributed by atoms with Crippen LogP contribution in [0.5, 0.6) is 0 Å². The van der Waals surface area contributed by atoms with Gasteiger partial charge in [0.25, 0.3) is 0 Å². The Balaban J connectivity index is 2.17. The van der Waals surface area contributed by atoms with Crippen LogP contribution < -0.4 is 0 Å². The first-order valence-corrected chi connectivity index (χ1v) is 8.58. The number of aliphatic hydroxyl groups excluding tert-OH is 1. The van der Waals surface area contributed by atoms with Crippen molar-refractivity contribution in [2.45, 2.75) is 70.8 Å². The molecule has 0 spiro atoms. The largest absolute Gasteiger partial charge is 0.388 e. The van der Waals surface area contributed by atoms with Gasteiger partial charge >= 0.3 is 0 Å². The van der Waals surface area contributed by atoms with E-state index >= 15 is 0 Å². The second-order valence-corrected chi connectivity index (χ2v) is 6.28. The fourth-order valence-corrected chi connectivity index (χ4v) is 2.79. The molecule has 0 aliphatic rings. The second kappa shape index (κ2) is 10.3. The van der Waals surface area contributed by atoms with Crippen molar-refractivity contribution < 1.29 is 9.50 Å². The molecule has 0 fully saturated rings. The molecule has 0 radical (unpaired) electrons. The zero-order valence-electron chi connectivity index (χ0n) is 12.4. The molecule has 0 aliphatic heterocycles. The topological polar surface area (TPSA) is 20.2 Å². The molecule has 0 bridgehead atoms. The highest BCUT2D eigenvalue weighted by Gasteiger charge is 2.14. The van der Waals surface area contributed by atoms with Crippen molar-refractivity contribution in [2.75, 3.05) is 0 Å². The number of unbranched alkanes of at least 4 members (excludes halogenated alkanes) is 7. The van der Waals surface area contributed by atoms with Gasteiger partial charge in [0.2, 0.25) is 0 Å². The van der Waals surface area contributed by atoms with Gasteiger partial charge < -0.3 is 5.11 Å². The van der Waals surface area contributed by atoms with Crippen LogP contribution in [0.3, 0.4) is 0 Å². The molecule has 0 aliphatic carbocycles. The SMILES string of the molecule is CCCCCCCCCCC(O)c1cccc(Br)c1F. The van der Waals surface area contributed by atoms with Gasteiger partial charge in [0.05, 0.1) is 10.6 Å². The fraction of sp³-hybridized carbons (Fsp3) is 0.647. The Kier molecular flexibility index (Phi) is 9.12. The van der Waals surface area contributed by atoms with Crippen LogP contribution in [-0.2, 0) is 0 Å². The molecule has 1 rings (SSSR count). The summed E-state index contributed by atoms with van der Waals surface area (Å²) in [5, 5.41) is 10.0. The van der Waals surface area contributed by atoms with Gasteiger partial charge in [0.15, 0.2) is 0 Å². The van der Waals surface area contributed by atoms with E-state index in [1.165, 1.54) is 38.5 Å². The highest BCUT2D eigenvalue weighted by molar-refractivity contribution is 9.10. The van der Waals surface area contributed by atoms with E-state index in [1.54, 1.807) is 18.2 Å². The van der Waals surface area contributed by atoms with E-state index in [9.17, 15) is 9.50 Å². The van der Waals surface area contributed by atoms with E-state index in [-0.39, 0.29) is 5.82 Å². The molecule has 20 heavy (non-hydrogen) atoms. The van der Waals surface area contributed by atoms with Crippen molar-refractivity contribution in [3.8, 4) is 0 Å². The predicted molar refractivity (Wildman–Crippen MR) is 86.3 cm³/mol. The zero-order chi connectivity index (χ0) is 14.8. The summed E-state index contributed by atoms with van der Waals surface area (Å²) in [6.07, 6.45) is 9.80. The quantitative estimate of drug-likeness (QED) is 0.504. The Morgan fingerprint density at radius 2 is 1.65 bits per heavy atom. The number of hydrogen-bond acceptors (Lipinski definition) is 1. The molecular formula is C17H26BrFO. The highest BCUT2D eigenvalue weighted by atomic mass is 79.9. The Labute approximate surface area is 130 Å². The highest BCUT2D eigenvalue weighted by Crippen LogP contribution is 2.27. The van der Waals surface area contributed by atoms with E-state index in [1.807, 2.05) is 0 Å². The zero-order valence-corrected chi connectivity index (χ0v) is 14.0. The van der Waals surface area contributed by atoms with Crippen LogP contribution in [0.2, 0.25) is 0 Å². The molecule has 114 valence electrons. The van der Waals surface area contributed by atoms with Gasteiger partial charge in [-0.15, -0.1) is 0 Å². The molecule has 1 unspecified atom stereocenters. The summed E-state index contributed by atoms with van der Waals surface area (Å²) in [5.74, 6) is -0.334. The Morgan fingerprint density at radius 1 is 1.05 bits per heavy atom. The van der Waals surface area contributed by atoms with Gasteiger partial charge in [-0.2, -0.15) is 0 Å². The van der Waals surface area contributed by atoms with Crippen LogP contribution in [0.1, 0.15) is 76.4 Å². The van der Waals surface area contributed by atoms with Crippen molar-refractivity contribution in [1.82, 2.24) is 0 Å². The molecule has 0 aromatic heterocycles. The van der Waals surface area contributed by atoms with Crippen LogP contribution in [0.15, 0.2) is 22.7 Å². The van der Waals surface area contributed by atoms with E-state index in [0.717, 1.165) is 12.8 Å². The Hall–Kier alpha value is -0.410. The second-order valence-electron chi connectivity index (χ2n) is 5.42. The minimum Gasteiger partial charge on any atom is -0.388 e. The van der Waals surface area contributed by atoms with Gasteiger partial charge in [0.1, 0.15) is 5.82 Å². The standard InChI is InChI=1S/C17H26BrFO/c1-2-3-4-5-6-7-8-9-13-16(20)14-11-10-12-15(18)17(14)19/h10-12,16,20H,2-9,13H2,1H3. The lowest BCUT2D eigenvalue weighted by molar-refractivity contribution is 0.158. The molecule has 0 heterocycles. The van der Waals surface area contributed by atoms with Crippen LogP contribution in [0.25, 0.3) is 0 Å². The van der Waals surface area contributed by atoms with Crippen LogP contribution in [0, 0.1) is 5.82 Å². The summed E-state index contributed by atoms with van der Waals surface area (Å²) in [4.78, 5) is 0. The Bertz CT molecular complexity index is 381.